The molecule has 2 atom stereocenters. The summed E-state index contributed by atoms with van der Waals surface area (Å²) in [6, 6.07) is 8.30. The van der Waals surface area contributed by atoms with E-state index in [1.165, 1.54) is 24.8 Å². The van der Waals surface area contributed by atoms with Gasteiger partial charge in [-0.05, 0) is 49.3 Å². The van der Waals surface area contributed by atoms with Gasteiger partial charge in [0, 0.05) is 17.5 Å². The van der Waals surface area contributed by atoms with E-state index in [2.05, 4.69) is 38.1 Å². The van der Waals surface area contributed by atoms with Gasteiger partial charge in [0.25, 0.3) is 5.91 Å². The maximum Gasteiger partial charge on any atom is 0.251 e. The van der Waals surface area contributed by atoms with Gasteiger partial charge in [0.2, 0.25) is 0 Å². The number of aromatic amines is 1. The highest BCUT2D eigenvalue weighted by Crippen LogP contribution is 2.32. The number of benzene rings is 1. The molecule has 2 unspecified atom stereocenters. The molecule has 4 rings (SSSR count). The van der Waals surface area contributed by atoms with E-state index >= 15 is 0 Å². The van der Waals surface area contributed by atoms with Crippen LogP contribution in [-0.4, -0.2) is 32.6 Å². The molecule has 2 N–H and O–H groups in total. The standard InChI is InChI=1S/C18H23N5O/c24-18(14-6-4-13(5-7-14)10-12-2-1-3-12)19-16-9-8-15(11-16)17-20-22-23-21-17/h4-7,12,15-16H,1-3,8-11H2,(H,19,24)(H,20,21,22,23). The Morgan fingerprint density at radius 2 is 2.00 bits per heavy atom. The first kappa shape index (κ1) is 15.3. The molecule has 2 fully saturated rings. The minimum Gasteiger partial charge on any atom is -0.349 e. The van der Waals surface area contributed by atoms with Crippen LogP contribution in [0.5, 0.6) is 0 Å². The SMILES string of the molecule is O=C(NC1CCC(c2nn[nH]n2)C1)c1ccc(CC2CCC2)cc1. The molecule has 1 aromatic heterocycles. The van der Waals surface area contributed by atoms with Gasteiger partial charge < -0.3 is 5.32 Å². The van der Waals surface area contributed by atoms with Crippen LogP contribution in [0.15, 0.2) is 24.3 Å². The molecule has 1 amide bonds. The zero-order chi connectivity index (χ0) is 16.4. The van der Waals surface area contributed by atoms with E-state index in [0.29, 0.717) is 5.92 Å². The number of carbonyl (C=O) groups is 1. The minimum atomic E-state index is 0.0176. The largest absolute Gasteiger partial charge is 0.349 e. The van der Waals surface area contributed by atoms with E-state index < -0.39 is 0 Å². The monoisotopic (exact) mass is 325 g/mol. The molecule has 2 aliphatic rings. The number of amides is 1. The number of rotatable bonds is 5. The average molecular weight is 325 g/mol. The number of tetrazole rings is 1. The van der Waals surface area contributed by atoms with Crippen molar-refractivity contribution in [2.24, 2.45) is 5.92 Å². The molecule has 1 aromatic carbocycles. The van der Waals surface area contributed by atoms with Crippen molar-refractivity contribution in [3.63, 3.8) is 0 Å². The van der Waals surface area contributed by atoms with Gasteiger partial charge in [-0.3, -0.25) is 4.79 Å². The van der Waals surface area contributed by atoms with Crippen molar-refractivity contribution in [3.8, 4) is 0 Å². The summed E-state index contributed by atoms with van der Waals surface area (Å²) >= 11 is 0. The second-order valence-electron chi connectivity index (χ2n) is 7.15. The molecule has 24 heavy (non-hydrogen) atoms. The maximum absolute atomic E-state index is 12.4. The van der Waals surface area contributed by atoms with E-state index in [1.807, 2.05) is 12.1 Å². The number of hydrogen-bond donors (Lipinski definition) is 2. The summed E-state index contributed by atoms with van der Waals surface area (Å²) < 4.78 is 0. The lowest BCUT2D eigenvalue weighted by Gasteiger charge is -2.25. The summed E-state index contributed by atoms with van der Waals surface area (Å²) in [5.74, 6) is 1.92. The van der Waals surface area contributed by atoms with Gasteiger partial charge in [0.1, 0.15) is 0 Å². The van der Waals surface area contributed by atoms with Crippen molar-refractivity contribution in [3.05, 3.63) is 41.2 Å². The van der Waals surface area contributed by atoms with Gasteiger partial charge in [-0.2, -0.15) is 5.21 Å². The van der Waals surface area contributed by atoms with E-state index in [4.69, 9.17) is 0 Å². The molecule has 0 spiro atoms. The van der Waals surface area contributed by atoms with Gasteiger partial charge in [-0.25, -0.2) is 0 Å². The van der Waals surface area contributed by atoms with Crippen LogP contribution in [0.25, 0.3) is 0 Å². The average Bonchev–Trinajstić information content (AvgIpc) is 3.22. The van der Waals surface area contributed by atoms with Gasteiger partial charge in [0.15, 0.2) is 5.82 Å². The first-order valence-electron chi connectivity index (χ1n) is 8.91. The quantitative estimate of drug-likeness (QED) is 0.885. The predicted molar refractivity (Wildman–Crippen MR) is 89.5 cm³/mol. The van der Waals surface area contributed by atoms with Crippen LogP contribution in [0.4, 0.5) is 0 Å². The van der Waals surface area contributed by atoms with Gasteiger partial charge in [0.05, 0.1) is 0 Å². The molecular formula is C18H23N5O. The molecule has 6 nitrogen and oxygen atoms in total. The van der Waals surface area contributed by atoms with E-state index in [-0.39, 0.29) is 11.9 Å². The highest BCUT2D eigenvalue weighted by atomic mass is 16.1. The molecule has 2 aromatic rings. The second kappa shape index (κ2) is 6.71. The Labute approximate surface area is 141 Å². The fraction of sp³-hybridized carbons (Fsp3) is 0.556. The summed E-state index contributed by atoms with van der Waals surface area (Å²) in [6.45, 7) is 0. The van der Waals surface area contributed by atoms with Crippen molar-refractivity contribution in [1.82, 2.24) is 25.9 Å². The topological polar surface area (TPSA) is 83.6 Å². The van der Waals surface area contributed by atoms with Gasteiger partial charge in [-0.1, -0.05) is 36.6 Å². The fourth-order valence-corrected chi connectivity index (χ4v) is 3.78. The van der Waals surface area contributed by atoms with Gasteiger partial charge in [-0.15, -0.1) is 10.2 Å². The normalized spacial score (nSPS) is 23.8. The molecule has 0 bridgehead atoms. The van der Waals surface area contributed by atoms with Crippen molar-refractivity contribution in [2.45, 2.75) is 56.9 Å². The minimum absolute atomic E-state index is 0.0176. The van der Waals surface area contributed by atoms with Crippen LogP contribution in [0.2, 0.25) is 0 Å². The lowest BCUT2D eigenvalue weighted by molar-refractivity contribution is 0.0937. The summed E-state index contributed by atoms with van der Waals surface area (Å²) in [5, 5.41) is 17.4. The van der Waals surface area contributed by atoms with Crippen LogP contribution in [-0.2, 0) is 6.42 Å². The van der Waals surface area contributed by atoms with Crippen molar-refractivity contribution < 1.29 is 4.79 Å². The highest BCUT2D eigenvalue weighted by molar-refractivity contribution is 5.94. The second-order valence-corrected chi connectivity index (χ2v) is 7.15. The first-order valence-corrected chi connectivity index (χ1v) is 8.91. The Bertz CT molecular complexity index is 678. The Morgan fingerprint density at radius 1 is 1.17 bits per heavy atom. The van der Waals surface area contributed by atoms with E-state index in [9.17, 15) is 4.79 Å². The number of H-pyrrole nitrogens is 1. The van der Waals surface area contributed by atoms with Crippen LogP contribution in [0, 0.1) is 5.92 Å². The Kier molecular flexibility index (Phi) is 4.28. The predicted octanol–water partition coefficient (Wildman–Crippen LogP) is 2.61. The third-order valence-corrected chi connectivity index (χ3v) is 5.46. The number of nitrogens with one attached hydrogen (secondary N) is 2. The zero-order valence-electron chi connectivity index (χ0n) is 13.7. The number of aromatic nitrogens is 4. The Morgan fingerprint density at radius 3 is 2.67 bits per heavy atom. The van der Waals surface area contributed by atoms with Crippen LogP contribution >= 0.6 is 0 Å². The zero-order valence-corrected chi connectivity index (χ0v) is 13.7. The van der Waals surface area contributed by atoms with Gasteiger partial charge >= 0.3 is 0 Å². The molecule has 0 aliphatic heterocycles. The summed E-state index contributed by atoms with van der Waals surface area (Å²) in [7, 11) is 0. The number of carbonyl (C=O) groups excluding carboxylic acids is 1. The smallest absolute Gasteiger partial charge is 0.251 e. The van der Waals surface area contributed by atoms with Crippen molar-refractivity contribution >= 4 is 5.91 Å². The molecule has 2 saturated carbocycles. The van der Waals surface area contributed by atoms with E-state index in [1.54, 1.807) is 0 Å². The van der Waals surface area contributed by atoms with Crippen LogP contribution in [0.3, 0.4) is 0 Å². The molecule has 0 radical (unpaired) electrons. The Hall–Kier alpha value is -2.24. The molecular weight excluding hydrogens is 302 g/mol. The molecule has 126 valence electrons. The maximum atomic E-state index is 12.4. The molecule has 1 heterocycles. The lowest BCUT2D eigenvalue weighted by Crippen LogP contribution is -2.32. The molecule has 2 aliphatic carbocycles. The Balaban J connectivity index is 1.31. The molecule has 0 saturated heterocycles. The third-order valence-electron chi connectivity index (χ3n) is 5.46. The van der Waals surface area contributed by atoms with Crippen molar-refractivity contribution in [1.29, 1.82) is 0 Å². The number of nitrogens with zero attached hydrogens (tertiary/aromatic N) is 3. The molecule has 6 heteroatoms. The first-order chi connectivity index (χ1) is 11.8. The highest BCUT2D eigenvalue weighted by Gasteiger charge is 2.29. The summed E-state index contributed by atoms with van der Waals surface area (Å²) in [5.41, 5.74) is 2.09. The van der Waals surface area contributed by atoms with Crippen molar-refractivity contribution in [2.75, 3.05) is 0 Å². The van der Waals surface area contributed by atoms with Crippen LogP contribution in [0.1, 0.15) is 66.2 Å². The number of hydrogen-bond acceptors (Lipinski definition) is 4. The fourth-order valence-electron chi connectivity index (χ4n) is 3.78. The lowest BCUT2D eigenvalue weighted by atomic mass is 9.81. The van der Waals surface area contributed by atoms with Crippen LogP contribution < -0.4 is 5.32 Å². The van der Waals surface area contributed by atoms with E-state index in [0.717, 1.165) is 43.0 Å². The summed E-state index contributed by atoms with van der Waals surface area (Å²) in [4.78, 5) is 12.4. The third kappa shape index (κ3) is 3.32. The summed E-state index contributed by atoms with van der Waals surface area (Å²) in [6.07, 6.45) is 8.06.